The fraction of sp³-hybridized carbons (Fsp3) is 0.0625. The van der Waals surface area contributed by atoms with Crippen LogP contribution in [-0.2, 0) is 0 Å². The Morgan fingerprint density at radius 1 is 1.14 bits per heavy atom. The average molecular weight is 358 g/mol. The molecular weight excluding hydrogens is 346 g/mol. The summed E-state index contributed by atoms with van der Waals surface area (Å²) in [6.07, 6.45) is 1.25. The van der Waals surface area contributed by atoms with E-state index in [1.165, 1.54) is 6.33 Å². The van der Waals surface area contributed by atoms with Gasteiger partial charge in [0.25, 0.3) is 0 Å². The molecule has 0 saturated heterocycles. The van der Waals surface area contributed by atoms with Crippen LogP contribution in [0.2, 0.25) is 0 Å². The first kappa shape index (κ1) is 14.5. The van der Waals surface area contributed by atoms with Crippen molar-refractivity contribution >= 4 is 44.2 Å². The zero-order valence-electron chi connectivity index (χ0n) is 11.7. The molecule has 2 aromatic carbocycles. The van der Waals surface area contributed by atoms with Gasteiger partial charge in [-0.25, -0.2) is 14.8 Å². The van der Waals surface area contributed by atoms with Gasteiger partial charge in [-0.15, -0.1) is 0 Å². The monoisotopic (exact) mass is 357 g/mol. The number of halogens is 1. The smallest absolute Gasteiger partial charge is 0.354 e. The summed E-state index contributed by atoms with van der Waals surface area (Å²) in [4.78, 5) is 19.0. The summed E-state index contributed by atoms with van der Waals surface area (Å²) in [7, 11) is 0. The van der Waals surface area contributed by atoms with Gasteiger partial charge in [0.1, 0.15) is 12.1 Å². The summed E-state index contributed by atoms with van der Waals surface area (Å²) < 4.78 is 1.03. The number of rotatable bonds is 3. The van der Waals surface area contributed by atoms with E-state index in [0.717, 1.165) is 20.9 Å². The van der Waals surface area contributed by atoms with Gasteiger partial charge in [0, 0.05) is 15.7 Å². The van der Waals surface area contributed by atoms with Crippen LogP contribution in [0, 0.1) is 6.92 Å². The van der Waals surface area contributed by atoms with E-state index in [4.69, 9.17) is 5.11 Å². The highest BCUT2D eigenvalue weighted by molar-refractivity contribution is 9.10. The molecule has 3 aromatic rings. The number of nitrogens with one attached hydrogen (secondary N) is 1. The van der Waals surface area contributed by atoms with Crippen LogP contribution in [0.1, 0.15) is 16.1 Å². The third-order valence-electron chi connectivity index (χ3n) is 3.35. The summed E-state index contributed by atoms with van der Waals surface area (Å²) in [5.74, 6) is -0.574. The van der Waals surface area contributed by atoms with E-state index in [0.29, 0.717) is 11.4 Å². The number of hydrogen-bond donors (Lipinski definition) is 2. The van der Waals surface area contributed by atoms with Gasteiger partial charge in [-0.2, -0.15) is 0 Å². The Labute approximate surface area is 135 Å². The van der Waals surface area contributed by atoms with Crippen molar-refractivity contribution in [3.63, 3.8) is 0 Å². The molecule has 0 fully saturated rings. The molecule has 0 atom stereocenters. The second-order valence-electron chi connectivity index (χ2n) is 4.83. The fourth-order valence-corrected chi connectivity index (χ4v) is 2.60. The van der Waals surface area contributed by atoms with Gasteiger partial charge >= 0.3 is 5.97 Å². The number of carbonyl (C=O) groups is 1. The van der Waals surface area contributed by atoms with Crippen molar-refractivity contribution in [2.45, 2.75) is 6.92 Å². The Kier molecular flexibility index (Phi) is 3.77. The zero-order chi connectivity index (χ0) is 15.7. The molecule has 1 aromatic heterocycles. The topological polar surface area (TPSA) is 75.1 Å². The van der Waals surface area contributed by atoms with Crippen molar-refractivity contribution in [1.29, 1.82) is 0 Å². The molecule has 0 bridgehead atoms. The van der Waals surface area contributed by atoms with Crippen molar-refractivity contribution < 1.29 is 9.90 Å². The van der Waals surface area contributed by atoms with Gasteiger partial charge < -0.3 is 10.4 Å². The Hall–Kier alpha value is -2.47. The lowest BCUT2D eigenvalue weighted by Crippen LogP contribution is -2.07. The van der Waals surface area contributed by atoms with Crippen LogP contribution in [0.25, 0.3) is 10.8 Å². The van der Waals surface area contributed by atoms with Crippen LogP contribution in [0.3, 0.4) is 0 Å². The molecule has 0 unspecified atom stereocenters. The van der Waals surface area contributed by atoms with Crippen LogP contribution >= 0.6 is 15.9 Å². The largest absolute Gasteiger partial charge is 0.476 e. The van der Waals surface area contributed by atoms with E-state index in [1.807, 2.05) is 36.4 Å². The molecule has 1 heterocycles. The highest BCUT2D eigenvalue weighted by atomic mass is 79.9. The molecule has 22 heavy (non-hydrogen) atoms. The van der Waals surface area contributed by atoms with Gasteiger partial charge in [-0.3, -0.25) is 0 Å². The second-order valence-corrected chi connectivity index (χ2v) is 5.75. The van der Waals surface area contributed by atoms with Gasteiger partial charge in [0.05, 0.1) is 0 Å². The Balaban J connectivity index is 1.98. The minimum absolute atomic E-state index is 0.00206. The molecule has 3 rings (SSSR count). The van der Waals surface area contributed by atoms with E-state index >= 15 is 0 Å². The summed E-state index contributed by atoms with van der Waals surface area (Å²) >= 11 is 3.45. The first-order valence-corrected chi connectivity index (χ1v) is 7.35. The van der Waals surface area contributed by atoms with E-state index < -0.39 is 5.97 Å². The standard InChI is InChI=1S/C16H12BrN3O2/c1-9-14(16(21)22)18-8-19-15(9)20-13-5-3-10-6-12(17)4-2-11(10)7-13/h2-8H,1H3,(H,21,22)(H,18,19,20). The van der Waals surface area contributed by atoms with E-state index in [9.17, 15) is 4.79 Å². The number of carboxylic acids is 1. The molecule has 5 nitrogen and oxygen atoms in total. The molecule has 0 aliphatic rings. The predicted octanol–water partition coefficient (Wildman–Crippen LogP) is 4.14. The van der Waals surface area contributed by atoms with E-state index in [-0.39, 0.29) is 5.69 Å². The second kappa shape index (κ2) is 5.73. The maximum absolute atomic E-state index is 11.1. The zero-order valence-corrected chi connectivity index (χ0v) is 13.3. The number of anilines is 2. The van der Waals surface area contributed by atoms with E-state index in [1.54, 1.807) is 6.92 Å². The molecule has 2 N–H and O–H groups in total. The molecule has 0 radical (unpaired) electrons. The Morgan fingerprint density at radius 2 is 1.86 bits per heavy atom. The number of carboxylic acid groups (broad SMARTS) is 1. The third kappa shape index (κ3) is 2.78. The fourth-order valence-electron chi connectivity index (χ4n) is 2.22. The van der Waals surface area contributed by atoms with Crippen LogP contribution in [0.15, 0.2) is 47.2 Å². The minimum atomic E-state index is -1.06. The summed E-state index contributed by atoms with van der Waals surface area (Å²) in [6.45, 7) is 1.68. The first-order chi connectivity index (χ1) is 10.5. The van der Waals surface area contributed by atoms with Crippen LogP contribution in [0.4, 0.5) is 11.5 Å². The number of benzene rings is 2. The maximum Gasteiger partial charge on any atom is 0.354 e. The SMILES string of the molecule is Cc1c(Nc2ccc3cc(Br)ccc3c2)ncnc1C(=O)O. The van der Waals surface area contributed by atoms with Crippen molar-refractivity contribution in [2.75, 3.05) is 5.32 Å². The highest BCUT2D eigenvalue weighted by Crippen LogP contribution is 2.25. The van der Waals surface area contributed by atoms with Crippen molar-refractivity contribution in [3.05, 3.63) is 58.5 Å². The summed E-state index contributed by atoms with van der Waals surface area (Å²) in [5.41, 5.74) is 1.35. The number of nitrogens with zero attached hydrogens (tertiary/aromatic N) is 2. The lowest BCUT2D eigenvalue weighted by molar-refractivity contribution is 0.0689. The third-order valence-corrected chi connectivity index (χ3v) is 3.84. The summed E-state index contributed by atoms with van der Waals surface area (Å²) in [6, 6.07) is 11.9. The number of aromatic nitrogens is 2. The molecule has 0 saturated carbocycles. The normalized spacial score (nSPS) is 10.6. The molecule has 0 amide bonds. The number of fused-ring (bicyclic) bond motifs is 1. The van der Waals surface area contributed by atoms with Crippen LogP contribution < -0.4 is 5.32 Å². The average Bonchev–Trinajstić information content (AvgIpc) is 2.49. The first-order valence-electron chi connectivity index (χ1n) is 6.56. The molecule has 0 spiro atoms. The maximum atomic E-state index is 11.1. The lowest BCUT2D eigenvalue weighted by atomic mass is 10.1. The molecule has 6 heteroatoms. The Morgan fingerprint density at radius 3 is 2.64 bits per heavy atom. The van der Waals surface area contributed by atoms with Crippen molar-refractivity contribution in [3.8, 4) is 0 Å². The molecule has 0 aliphatic carbocycles. The van der Waals surface area contributed by atoms with Crippen LogP contribution in [-0.4, -0.2) is 21.0 Å². The lowest BCUT2D eigenvalue weighted by Gasteiger charge is -2.10. The summed E-state index contributed by atoms with van der Waals surface area (Å²) in [5, 5.41) is 14.4. The van der Waals surface area contributed by atoms with Crippen molar-refractivity contribution in [2.24, 2.45) is 0 Å². The van der Waals surface area contributed by atoms with Crippen molar-refractivity contribution in [1.82, 2.24) is 9.97 Å². The van der Waals surface area contributed by atoms with E-state index in [2.05, 4.69) is 31.2 Å². The quantitative estimate of drug-likeness (QED) is 0.736. The van der Waals surface area contributed by atoms with Gasteiger partial charge in [0.2, 0.25) is 0 Å². The van der Waals surface area contributed by atoms with Gasteiger partial charge in [-0.1, -0.05) is 28.1 Å². The Bertz CT molecular complexity index is 880. The number of aromatic carboxylic acids is 1. The molecule has 0 aliphatic heterocycles. The predicted molar refractivity (Wildman–Crippen MR) is 88.7 cm³/mol. The van der Waals surface area contributed by atoms with Gasteiger partial charge in [0.15, 0.2) is 5.69 Å². The minimum Gasteiger partial charge on any atom is -0.476 e. The van der Waals surface area contributed by atoms with Gasteiger partial charge in [-0.05, 0) is 42.0 Å². The number of hydrogen-bond acceptors (Lipinski definition) is 4. The molecule has 110 valence electrons. The molecular formula is C16H12BrN3O2. The van der Waals surface area contributed by atoms with Crippen LogP contribution in [0.5, 0.6) is 0 Å². The highest BCUT2D eigenvalue weighted by Gasteiger charge is 2.13.